The van der Waals surface area contributed by atoms with Crippen LogP contribution in [0.25, 0.3) is 11.1 Å². The van der Waals surface area contributed by atoms with E-state index >= 15 is 0 Å². The zero-order valence-electron chi connectivity index (χ0n) is 15.5. The van der Waals surface area contributed by atoms with Crippen LogP contribution in [0.5, 0.6) is 5.75 Å². The van der Waals surface area contributed by atoms with Gasteiger partial charge >= 0.3 is 0 Å². The van der Waals surface area contributed by atoms with Gasteiger partial charge in [0.15, 0.2) is 0 Å². The summed E-state index contributed by atoms with van der Waals surface area (Å²) in [5, 5.41) is 0. The summed E-state index contributed by atoms with van der Waals surface area (Å²) < 4.78 is 30.5. The zero-order chi connectivity index (χ0) is 19.4. The van der Waals surface area contributed by atoms with Crippen molar-refractivity contribution in [3.63, 3.8) is 0 Å². The molecule has 0 spiro atoms. The van der Waals surface area contributed by atoms with Crippen molar-refractivity contribution in [2.45, 2.75) is 18.9 Å². The van der Waals surface area contributed by atoms with Gasteiger partial charge in [-0.05, 0) is 48.2 Å². The summed E-state index contributed by atoms with van der Waals surface area (Å²) >= 11 is 0. The number of nitrogens with zero attached hydrogens (tertiary/aromatic N) is 1. The Kier molecular flexibility index (Phi) is 5.94. The lowest BCUT2D eigenvalue weighted by atomic mass is 10.0. The van der Waals surface area contributed by atoms with Crippen LogP contribution in [0.4, 0.5) is 0 Å². The van der Waals surface area contributed by atoms with Crippen molar-refractivity contribution in [1.29, 1.82) is 0 Å². The fraction of sp³-hybridized carbons (Fsp3) is 0.350. The number of piperidine rings is 1. The lowest BCUT2D eigenvalue weighted by molar-refractivity contribution is 0.0711. The molecule has 1 unspecified atom stereocenters. The highest BCUT2D eigenvalue weighted by Gasteiger charge is 2.26. The van der Waals surface area contributed by atoms with Crippen molar-refractivity contribution in [3.8, 4) is 16.9 Å². The van der Waals surface area contributed by atoms with E-state index in [1.165, 1.54) is 0 Å². The molecule has 0 radical (unpaired) electrons. The van der Waals surface area contributed by atoms with Crippen LogP contribution >= 0.6 is 0 Å². The number of hydrogen-bond acceptors (Lipinski definition) is 4. The molecule has 1 aliphatic heterocycles. The molecule has 0 aromatic heterocycles. The number of rotatable bonds is 5. The number of likely N-dealkylation sites (tertiary alicyclic amines) is 1. The van der Waals surface area contributed by atoms with Crippen molar-refractivity contribution in [2.75, 3.05) is 26.5 Å². The van der Waals surface area contributed by atoms with Gasteiger partial charge in [0.1, 0.15) is 22.4 Å². The van der Waals surface area contributed by atoms with Gasteiger partial charge in [0.05, 0.1) is 13.2 Å². The van der Waals surface area contributed by atoms with E-state index in [1.807, 2.05) is 48.5 Å². The number of benzene rings is 2. The molecule has 1 atom stereocenters. The topological polar surface area (TPSA) is 81.7 Å². The van der Waals surface area contributed by atoms with E-state index in [0.717, 1.165) is 23.1 Å². The molecule has 1 amide bonds. The fourth-order valence-corrected chi connectivity index (χ4v) is 4.13. The maximum absolute atomic E-state index is 12.7. The number of sulfonamides is 1. The minimum Gasteiger partial charge on any atom is -0.598 e. The summed E-state index contributed by atoms with van der Waals surface area (Å²) in [7, 11) is -1.58. The van der Waals surface area contributed by atoms with E-state index < -0.39 is 10.4 Å². The van der Waals surface area contributed by atoms with Gasteiger partial charge in [-0.25, -0.2) is 0 Å². The summed E-state index contributed by atoms with van der Waals surface area (Å²) in [5.41, 5.74) is 2.68. The summed E-state index contributed by atoms with van der Waals surface area (Å²) in [6.07, 6.45) is 2.41. The van der Waals surface area contributed by atoms with E-state index in [1.54, 1.807) is 12.0 Å². The van der Waals surface area contributed by atoms with Crippen LogP contribution in [0, 0.1) is 0 Å². The maximum atomic E-state index is 12.7. The highest BCUT2D eigenvalue weighted by atomic mass is 32.3. The molecular weight excluding hydrogens is 364 g/mol. The monoisotopic (exact) mass is 388 g/mol. The first-order valence-electron chi connectivity index (χ1n) is 8.87. The number of carbonyl (C=O) groups excluding carboxylic acids is 1. The molecule has 1 saturated heterocycles. The molecule has 0 aliphatic carbocycles. The van der Waals surface area contributed by atoms with Crippen LogP contribution in [-0.2, 0) is 14.6 Å². The van der Waals surface area contributed by atoms with Gasteiger partial charge in [0, 0.05) is 18.7 Å². The van der Waals surface area contributed by atoms with Crippen LogP contribution < -0.4 is 9.46 Å². The summed E-state index contributed by atoms with van der Waals surface area (Å²) in [4.78, 5) is 14.5. The summed E-state index contributed by atoms with van der Waals surface area (Å²) in [6, 6.07) is 15.2. The second-order valence-corrected chi connectivity index (χ2v) is 8.55. The molecule has 1 heterocycles. The largest absolute Gasteiger partial charge is 0.598 e. The van der Waals surface area contributed by atoms with E-state index in [0.29, 0.717) is 31.5 Å². The predicted octanol–water partition coefficient (Wildman–Crippen LogP) is 2.73. The quantitative estimate of drug-likeness (QED) is 0.799. The Balaban J connectivity index is 1.63. The van der Waals surface area contributed by atoms with Crippen molar-refractivity contribution >= 4 is 16.3 Å². The zero-order valence-corrected chi connectivity index (χ0v) is 16.3. The molecule has 144 valence electrons. The fourth-order valence-electron chi connectivity index (χ4n) is 3.29. The van der Waals surface area contributed by atoms with Crippen molar-refractivity contribution in [1.82, 2.24) is 9.62 Å². The second-order valence-electron chi connectivity index (χ2n) is 6.77. The van der Waals surface area contributed by atoms with E-state index in [9.17, 15) is 13.6 Å². The van der Waals surface area contributed by atoms with Crippen LogP contribution in [0.1, 0.15) is 23.2 Å². The van der Waals surface area contributed by atoms with Gasteiger partial charge in [-0.15, -0.1) is 4.72 Å². The van der Waals surface area contributed by atoms with Gasteiger partial charge < -0.3 is 14.2 Å². The van der Waals surface area contributed by atoms with Gasteiger partial charge in [0.2, 0.25) is 0 Å². The molecule has 2 aromatic rings. The van der Waals surface area contributed by atoms with E-state index in [4.69, 9.17) is 4.74 Å². The standard InChI is InChI=1S/C20H24N2O4S/c1-26-19-5-3-4-17(14-19)15-6-8-16(9-7-15)20(23)22-12-10-18(11-13-22)21-27(2,24)25/h3-9,14,18H,10-13H2,1-2H3,(H-,21,24,25). The lowest BCUT2D eigenvalue weighted by Crippen LogP contribution is -2.47. The number of amides is 1. The Labute approximate surface area is 160 Å². The third-order valence-electron chi connectivity index (χ3n) is 4.70. The first-order valence-corrected chi connectivity index (χ1v) is 10.8. The maximum Gasteiger partial charge on any atom is 0.253 e. The number of nitrogens with one attached hydrogen (secondary N) is 1. The number of methoxy groups -OCH3 is 1. The summed E-state index contributed by atoms with van der Waals surface area (Å²) in [5.74, 6) is 0.767. The molecule has 7 heteroatoms. The molecular formula is C20H24N2O4S. The van der Waals surface area contributed by atoms with Crippen molar-refractivity contribution in [3.05, 3.63) is 54.1 Å². The van der Waals surface area contributed by atoms with Gasteiger partial charge in [-0.1, -0.05) is 28.5 Å². The number of ether oxygens (including phenoxy) is 1. The average molecular weight is 388 g/mol. The van der Waals surface area contributed by atoms with Crippen LogP contribution in [-0.4, -0.2) is 47.9 Å². The minimum atomic E-state index is -3.21. The smallest absolute Gasteiger partial charge is 0.253 e. The molecule has 1 aliphatic rings. The Morgan fingerprint density at radius 2 is 1.81 bits per heavy atom. The molecule has 27 heavy (non-hydrogen) atoms. The van der Waals surface area contributed by atoms with Gasteiger partial charge in [-0.3, -0.25) is 4.79 Å². The van der Waals surface area contributed by atoms with Crippen LogP contribution in [0.15, 0.2) is 48.5 Å². The van der Waals surface area contributed by atoms with Crippen molar-refractivity contribution in [2.24, 2.45) is 0 Å². The average Bonchev–Trinajstić information content (AvgIpc) is 2.67. The molecule has 3 rings (SSSR count). The normalized spacial score (nSPS) is 17.4. The highest BCUT2D eigenvalue weighted by molar-refractivity contribution is 7.95. The van der Waals surface area contributed by atoms with Crippen molar-refractivity contribution < 1.29 is 18.3 Å². The Bertz CT molecular complexity index is 839. The SMILES string of the molecule is COc1cccc(-c2ccc(C(=O)N3CCC(N[S+](C)(=O)[O-])CC3)cc2)c1. The third kappa shape index (κ3) is 5.15. The molecule has 2 aromatic carbocycles. The Morgan fingerprint density at radius 1 is 1.15 bits per heavy atom. The lowest BCUT2D eigenvalue weighted by Gasteiger charge is -2.32. The second kappa shape index (κ2) is 8.21. The predicted molar refractivity (Wildman–Crippen MR) is 105 cm³/mol. The van der Waals surface area contributed by atoms with E-state index in [-0.39, 0.29) is 11.9 Å². The van der Waals surface area contributed by atoms with Gasteiger partial charge in [0.25, 0.3) is 5.91 Å². The Morgan fingerprint density at radius 3 is 2.41 bits per heavy atom. The summed E-state index contributed by atoms with van der Waals surface area (Å²) in [6.45, 7) is 1.09. The molecule has 6 nitrogen and oxygen atoms in total. The van der Waals surface area contributed by atoms with Gasteiger partial charge in [-0.2, -0.15) is 0 Å². The number of carbonyl (C=O) groups is 1. The molecule has 1 N–H and O–H groups in total. The number of hydrogen-bond donors (Lipinski definition) is 1. The molecule has 0 saturated carbocycles. The van der Waals surface area contributed by atoms with Crippen LogP contribution in [0.2, 0.25) is 0 Å². The highest BCUT2D eigenvalue weighted by Crippen LogP contribution is 2.24. The molecule has 1 fully saturated rings. The minimum absolute atomic E-state index is 0.0232. The third-order valence-corrected chi connectivity index (χ3v) is 5.46. The first-order chi connectivity index (χ1) is 12.9. The first kappa shape index (κ1) is 19.5. The van der Waals surface area contributed by atoms with E-state index in [2.05, 4.69) is 4.72 Å². The molecule has 0 bridgehead atoms. The Hall–Kier alpha value is -2.22. The van der Waals surface area contributed by atoms with Crippen LogP contribution in [0.3, 0.4) is 0 Å².